The van der Waals surface area contributed by atoms with Gasteiger partial charge in [0.25, 0.3) is 5.91 Å². The number of likely N-dealkylation sites (tertiary alicyclic amines) is 1. The summed E-state index contributed by atoms with van der Waals surface area (Å²) >= 11 is 0. The molecule has 0 bridgehead atoms. The molecular weight excluding hydrogens is 304 g/mol. The Kier molecular flexibility index (Phi) is 3.90. The highest BCUT2D eigenvalue weighted by molar-refractivity contribution is 5.92. The monoisotopic (exact) mass is 324 g/mol. The number of aromatic nitrogens is 2. The minimum absolute atomic E-state index is 0.0731. The van der Waals surface area contributed by atoms with Crippen molar-refractivity contribution in [2.75, 3.05) is 18.4 Å². The van der Waals surface area contributed by atoms with E-state index in [2.05, 4.69) is 15.3 Å². The fourth-order valence-electron chi connectivity index (χ4n) is 3.53. The summed E-state index contributed by atoms with van der Waals surface area (Å²) in [5.41, 5.74) is 2.56. The smallest absolute Gasteiger partial charge is 0.274 e. The number of hydrogen-bond donors (Lipinski definition) is 2. The fourth-order valence-corrected chi connectivity index (χ4v) is 3.53. The van der Waals surface area contributed by atoms with Gasteiger partial charge in [-0.1, -0.05) is 24.3 Å². The molecule has 6 nitrogen and oxygen atoms in total. The zero-order valence-electron chi connectivity index (χ0n) is 13.4. The third-order valence-corrected chi connectivity index (χ3v) is 4.75. The van der Waals surface area contributed by atoms with Gasteiger partial charge in [-0.05, 0) is 24.0 Å². The molecule has 1 amide bonds. The van der Waals surface area contributed by atoms with Crippen molar-refractivity contribution in [1.82, 2.24) is 14.9 Å². The van der Waals surface area contributed by atoms with Gasteiger partial charge in [-0.2, -0.15) is 0 Å². The molecule has 2 aromatic rings. The van der Waals surface area contributed by atoms with Crippen molar-refractivity contribution in [2.24, 2.45) is 0 Å². The van der Waals surface area contributed by atoms with E-state index >= 15 is 0 Å². The van der Waals surface area contributed by atoms with Crippen LogP contribution in [0, 0.1) is 0 Å². The summed E-state index contributed by atoms with van der Waals surface area (Å²) in [5.74, 6) is 0.442. The number of nitrogens with one attached hydrogen (secondary N) is 1. The summed E-state index contributed by atoms with van der Waals surface area (Å²) in [6, 6.07) is 7.75. The molecule has 1 aromatic carbocycles. The number of nitrogens with zero attached hydrogens (tertiary/aromatic N) is 3. The number of amides is 1. The lowest BCUT2D eigenvalue weighted by Crippen LogP contribution is -2.29. The van der Waals surface area contributed by atoms with Gasteiger partial charge >= 0.3 is 0 Å². The van der Waals surface area contributed by atoms with Crippen LogP contribution >= 0.6 is 0 Å². The molecule has 2 N–H and O–H groups in total. The Hall–Kier alpha value is -2.47. The lowest BCUT2D eigenvalue weighted by atomic mass is 10.1. The number of carbonyl (C=O) groups excluding carboxylic acids is 1. The molecule has 4 rings (SSSR count). The number of aliphatic hydroxyl groups is 1. The fraction of sp³-hybridized carbons (Fsp3) is 0.389. The number of carbonyl (C=O) groups is 1. The quantitative estimate of drug-likeness (QED) is 0.900. The summed E-state index contributed by atoms with van der Waals surface area (Å²) in [7, 11) is 0. The molecular formula is C18H20N4O2. The van der Waals surface area contributed by atoms with Crippen molar-refractivity contribution < 1.29 is 9.90 Å². The molecule has 2 heterocycles. The van der Waals surface area contributed by atoms with Gasteiger partial charge < -0.3 is 15.3 Å². The van der Waals surface area contributed by atoms with Crippen LogP contribution in [0.2, 0.25) is 0 Å². The highest BCUT2D eigenvalue weighted by Crippen LogP contribution is 2.33. The zero-order valence-corrected chi connectivity index (χ0v) is 13.4. The SMILES string of the molecule is O=C(c1cncc(N[C@@H]2c3ccccc3C[C@H]2O)n1)N1CCCC1. The maximum Gasteiger partial charge on any atom is 0.274 e. The minimum atomic E-state index is -0.512. The summed E-state index contributed by atoms with van der Waals surface area (Å²) in [4.78, 5) is 22.8. The van der Waals surface area contributed by atoms with E-state index in [9.17, 15) is 9.90 Å². The van der Waals surface area contributed by atoms with Crippen molar-refractivity contribution in [1.29, 1.82) is 0 Å². The lowest BCUT2D eigenvalue weighted by Gasteiger charge is -2.19. The number of anilines is 1. The van der Waals surface area contributed by atoms with E-state index in [0.717, 1.165) is 37.1 Å². The average molecular weight is 324 g/mol. The van der Waals surface area contributed by atoms with Gasteiger partial charge in [-0.25, -0.2) is 4.98 Å². The van der Waals surface area contributed by atoms with Crippen LogP contribution in [0.15, 0.2) is 36.7 Å². The van der Waals surface area contributed by atoms with Crippen molar-refractivity contribution in [3.63, 3.8) is 0 Å². The van der Waals surface area contributed by atoms with Crippen LogP contribution in [0.4, 0.5) is 5.82 Å². The number of fused-ring (bicyclic) bond motifs is 1. The highest BCUT2D eigenvalue weighted by atomic mass is 16.3. The van der Waals surface area contributed by atoms with Gasteiger partial charge in [0.05, 0.1) is 24.5 Å². The molecule has 1 fully saturated rings. The van der Waals surface area contributed by atoms with Crippen LogP contribution in [-0.4, -0.2) is 45.1 Å². The van der Waals surface area contributed by atoms with Gasteiger partial charge in [-0.3, -0.25) is 9.78 Å². The first-order chi connectivity index (χ1) is 11.7. The van der Waals surface area contributed by atoms with Crippen LogP contribution in [-0.2, 0) is 6.42 Å². The molecule has 2 atom stereocenters. The predicted octanol–water partition coefficient (Wildman–Crippen LogP) is 1.78. The second kappa shape index (κ2) is 6.20. The molecule has 124 valence electrons. The minimum Gasteiger partial charge on any atom is -0.390 e. The lowest BCUT2D eigenvalue weighted by molar-refractivity contribution is 0.0786. The van der Waals surface area contributed by atoms with E-state index in [1.807, 2.05) is 29.2 Å². The third-order valence-electron chi connectivity index (χ3n) is 4.75. The topological polar surface area (TPSA) is 78.3 Å². The Morgan fingerprint density at radius 1 is 1.21 bits per heavy atom. The molecule has 1 aromatic heterocycles. The van der Waals surface area contributed by atoms with E-state index < -0.39 is 6.10 Å². The van der Waals surface area contributed by atoms with Gasteiger partial charge in [-0.15, -0.1) is 0 Å². The molecule has 0 unspecified atom stereocenters. The molecule has 0 radical (unpaired) electrons. The summed E-state index contributed by atoms with van der Waals surface area (Å²) in [6.45, 7) is 1.57. The standard InChI is InChI=1S/C18H20N4O2/c23-15-9-12-5-1-2-6-13(12)17(15)21-16-11-19-10-14(20-16)18(24)22-7-3-4-8-22/h1-2,5-6,10-11,15,17,23H,3-4,7-9H2,(H,20,21)/t15-,17-/m1/s1. The molecule has 0 saturated carbocycles. The average Bonchev–Trinajstić information content (AvgIpc) is 3.24. The van der Waals surface area contributed by atoms with Crippen LogP contribution in [0.1, 0.15) is 40.5 Å². The van der Waals surface area contributed by atoms with Crippen molar-refractivity contribution >= 4 is 11.7 Å². The Morgan fingerprint density at radius 2 is 2.00 bits per heavy atom. The van der Waals surface area contributed by atoms with E-state index in [0.29, 0.717) is 17.9 Å². The largest absolute Gasteiger partial charge is 0.390 e. The Labute approximate surface area is 140 Å². The van der Waals surface area contributed by atoms with Crippen molar-refractivity contribution in [2.45, 2.75) is 31.4 Å². The normalized spacial score (nSPS) is 22.5. The number of aliphatic hydroxyl groups excluding tert-OH is 1. The first-order valence-corrected chi connectivity index (χ1v) is 8.36. The maximum atomic E-state index is 12.4. The van der Waals surface area contributed by atoms with E-state index in [-0.39, 0.29) is 11.9 Å². The second-order valence-electron chi connectivity index (χ2n) is 6.38. The molecule has 24 heavy (non-hydrogen) atoms. The molecule has 1 saturated heterocycles. The third kappa shape index (κ3) is 2.73. The molecule has 1 aliphatic heterocycles. The molecule has 0 spiro atoms. The predicted molar refractivity (Wildman–Crippen MR) is 89.7 cm³/mol. The number of rotatable bonds is 3. The van der Waals surface area contributed by atoms with Gasteiger partial charge in [0.2, 0.25) is 0 Å². The van der Waals surface area contributed by atoms with Gasteiger partial charge in [0.1, 0.15) is 11.5 Å². The Balaban J connectivity index is 1.55. The molecule has 6 heteroatoms. The summed E-state index contributed by atoms with van der Waals surface area (Å²) < 4.78 is 0. The number of benzene rings is 1. The van der Waals surface area contributed by atoms with Gasteiger partial charge in [0, 0.05) is 19.5 Å². The Bertz CT molecular complexity index is 758. The zero-order chi connectivity index (χ0) is 16.5. The number of hydrogen-bond acceptors (Lipinski definition) is 5. The summed E-state index contributed by atoms with van der Waals surface area (Å²) in [5, 5.41) is 13.6. The maximum absolute atomic E-state index is 12.4. The second-order valence-corrected chi connectivity index (χ2v) is 6.38. The van der Waals surface area contributed by atoms with Gasteiger partial charge in [0.15, 0.2) is 0 Å². The van der Waals surface area contributed by atoms with Crippen LogP contribution in [0.3, 0.4) is 0 Å². The van der Waals surface area contributed by atoms with Crippen molar-refractivity contribution in [3.8, 4) is 0 Å². The highest BCUT2D eigenvalue weighted by Gasteiger charge is 2.31. The van der Waals surface area contributed by atoms with Crippen LogP contribution in [0.25, 0.3) is 0 Å². The summed E-state index contributed by atoms with van der Waals surface area (Å²) in [6.07, 6.45) is 5.29. The van der Waals surface area contributed by atoms with E-state index in [1.54, 1.807) is 6.20 Å². The molecule has 2 aliphatic rings. The first-order valence-electron chi connectivity index (χ1n) is 8.36. The van der Waals surface area contributed by atoms with Crippen LogP contribution in [0.5, 0.6) is 0 Å². The van der Waals surface area contributed by atoms with E-state index in [1.165, 1.54) is 6.20 Å². The first kappa shape index (κ1) is 15.1. The van der Waals surface area contributed by atoms with Crippen molar-refractivity contribution in [3.05, 3.63) is 53.5 Å². The molecule has 1 aliphatic carbocycles. The Morgan fingerprint density at radius 3 is 2.83 bits per heavy atom. The van der Waals surface area contributed by atoms with E-state index in [4.69, 9.17) is 0 Å². The van der Waals surface area contributed by atoms with Crippen LogP contribution < -0.4 is 5.32 Å².